The fourth-order valence-electron chi connectivity index (χ4n) is 0. The minimum Gasteiger partial charge on any atom is -0.759 e. The topological polar surface area (TPSA) is 548 Å². The monoisotopic (exact) mass is 640 g/mol. The van der Waals surface area contributed by atoms with Crippen LogP contribution in [-0.4, -0.2) is 122 Å². The van der Waals surface area contributed by atoms with Gasteiger partial charge in [0.05, 0.1) is 0 Å². The van der Waals surface area contributed by atoms with E-state index in [1.54, 1.807) is 0 Å². The summed E-state index contributed by atoms with van der Waals surface area (Å²) in [7, 11) is -10.3. The maximum absolute atomic E-state index is 8.52. The molecule has 0 heterocycles. The van der Waals surface area contributed by atoms with Crippen molar-refractivity contribution in [1.29, 1.82) is 34.3 Å². The van der Waals surface area contributed by atoms with Crippen molar-refractivity contribution in [3.63, 3.8) is 0 Å². The molecule has 0 aromatic heterocycles. The van der Waals surface area contributed by atoms with Crippen LogP contribution in [0.25, 0.3) is 0 Å². The van der Waals surface area contributed by atoms with Crippen molar-refractivity contribution in [2.24, 2.45) is 0 Å². The average Bonchev–Trinajstić information content (AvgIpc) is 2.83. The molecule has 0 fully saturated rings. The van der Waals surface area contributed by atoms with Crippen LogP contribution in [-0.2, 0) is 53.7 Å². The SMILES string of the molecule is O=S(=O)([O-])[O-].O=S(=O)([O-])[O-].[2H]O[2H].[2H]O[2H].[2H]O[2H].[2H]O[2H].[2H]O[2H].[2H]O[2H].[2H][OH+][2H].[2H][OH+][2H].[2H][OH+][2H].[2H][OH+][2H].[2H][OH+][2H].[2H][OH+][2H].[Cs+].[Ga+3]. The predicted molar refractivity (Wildman–Crippen MR) is 77.6 cm³/mol. The summed E-state index contributed by atoms with van der Waals surface area (Å²) in [6, 6.07) is 0. The minimum absolute atomic E-state index is 0. The molecule has 0 aromatic rings. The molecule has 160 valence electrons. The Kier molecular flexibility index (Phi) is 42.9. The second kappa shape index (κ2) is 73.5. The molecule has 20 nitrogen and oxygen atoms in total. The molecular weight excluding hydrogens is 587 g/mol. The fourth-order valence-corrected chi connectivity index (χ4v) is 0. The van der Waals surface area contributed by atoms with E-state index in [1.807, 2.05) is 32.9 Å². The van der Waals surface area contributed by atoms with Crippen LogP contribution in [0.3, 0.4) is 0 Å². The third kappa shape index (κ3) is 3320. The van der Waals surface area contributed by atoms with Gasteiger partial charge in [-0.15, -0.1) is 0 Å². The average molecular weight is 641 g/mol. The van der Waals surface area contributed by atoms with Crippen LogP contribution in [0, 0.1) is 0 Å². The molecule has 0 aliphatic rings. The van der Waals surface area contributed by atoms with Crippen LogP contribution in [0.2, 0.25) is 0 Å². The maximum atomic E-state index is 8.52. The Bertz CT molecular complexity index is 382. The second-order valence-electron chi connectivity index (χ2n) is 0.816. The standard InChI is InChI=1S/Cs.Ga.2H2O4S.12H2O/c;;2*1-5(2,3)4;;;;;;;;;;;;/h;;2*(H2,1,2,3,4);12*1H2/q+1;+3;;;;;;;;;;;;;;/p+2/i/hD24. The molecule has 0 amide bonds. The first-order valence-corrected chi connectivity index (χ1v) is 4.00. The molecule has 0 saturated heterocycles. The smallest absolute Gasteiger partial charge is 0.759 e. The molecule has 0 radical (unpaired) electrons. The normalized spacial score (nSPS) is 14.8. The summed E-state index contributed by atoms with van der Waals surface area (Å²) in [6.45, 7) is 0. The molecule has 0 aromatic carbocycles. The van der Waals surface area contributed by atoms with Gasteiger partial charge in [0.1, 0.15) is 0 Å². The molecular formula is H30CsGaO20S2+6. The van der Waals surface area contributed by atoms with Crippen LogP contribution >= 0.6 is 0 Å². The zero-order chi connectivity index (χ0) is 41.5. The van der Waals surface area contributed by atoms with Gasteiger partial charge in [-0.25, -0.2) is 0 Å². The summed E-state index contributed by atoms with van der Waals surface area (Å²) in [4.78, 5) is 0. The van der Waals surface area contributed by atoms with E-state index in [4.69, 9.17) is 69.4 Å². The molecule has 0 saturated carbocycles. The Balaban J connectivity index is -0.0000000164. The first-order chi connectivity index (χ1) is 21.0. The van der Waals surface area contributed by atoms with Crippen molar-refractivity contribution >= 4 is 40.6 Å². The Morgan fingerprint density at radius 3 is 0.625 bits per heavy atom. The van der Waals surface area contributed by atoms with Gasteiger partial charge in [0.2, 0.25) is 17.2 Å². The van der Waals surface area contributed by atoms with E-state index in [9.17, 15) is 0 Å². The second-order valence-corrected chi connectivity index (χ2v) is 2.45. The van der Waals surface area contributed by atoms with E-state index in [0.717, 1.165) is 0 Å². The summed E-state index contributed by atoms with van der Waals surface area (Å²) in [5.41, 5.74) is 28.5. The van der Waals surface area contributed by atoms with Crippen LogP contribution in [0.1, 0.15) is 0 Å². The molecule has 0 unspecified atom stereocenters. The molecule has 0 aliphatic heterocycles. The van der Waals surface area contributed by atoms with Crippen molar-refractivity contribution in [2.45, 2.75) is 0 Å². The third-order valence-electron chi connectivity index (χ3n) is 0. The number of hydrogen-bond acceptors (Lipinski definition) is 8. The van der Waals surface area contributed by atoms with Gasteiger partial charge in [0.25, 0.3) is 0 Å². The van der Waals surface area contributed by atoms with E-state index in [2.05, 4.69) is 32.9 Å². The molecule has 0 spiro atoms. The summed E-state index contributed by atoms with van der Waals surface area (Å²) >= 11 is 0. The zero-order valence-electron chi connectivity index (χ0n) is 34.8. The molecule has 24 heavy (non-hydrogen) atoms. The van der Waals surface area contributed by atoms with Crippen molar-refractivity contribution in [1.82, 2.24) is 0 Å². The van der Waals surface area contributed by atoms with Crippen molar-refractivity contribution < 1.29 is 170 Å². The van der Waals surface area contributed by atoms with Gasteiger partial charge in [0, 0.05) is 20.8 Å². The number of rotatable bonds is 0. The Morgan fingerprint density at radius 1 is 0.625 bits per heavy atom. The van der Waals surface area contributed by atoms with Gasteiger partial charge in [-0.1, -0.05) is 0 Å². The van der Waals surface area contributed by atoms with Crippen molar-refractivity contribution in [2.75, 3.05) is 0 Å². The first kappa shape index (κ1) is 14.0. The van der Waals surface area contributed by atoms with Crippen LogP contribution in [0.4, 0.5) is 0 Å². The Morgan fingerprint density at radius 2 is 0.625 bits per heavy atom. The van der Waals surface area contributed by atoms with Crippen LogP contribution < -0.4 is 68.9 Å². The maximum Gasteiger partial charge on any atom is 3.00 e. The molecule has 0 aliphatic carbocycles. The van der Waals surface area contributed by atoms with Gasteiger partial charge in [-0.2, -0.15) is 0 Å². The summed E-state index contributed by atoms with van der Waals surface area (Å²) in [6.07, 6.45) is 0. The van der Waals surface area contributed by atoms with Crippen molar-refractivity contribution in [3.8, 4) is 0 Å². The van der Waals surface area contributed by atoms with E-state index in [1.165, 1.54) is 0 Å². The van der Waals surface area contributed by atoms with Gasteiger partial charge in [-0.05, 0) is 0 Å². The van der Waals surface area contributed by atoms with Crippen LogP contribution in [0.15, 0.2) is 0 Å². The quantitative estimate of drug-likeness (QED) is 0.105. The minimum atomic E-state index is -5.17. The molecule has 24 heteroatoms. The van der Waals surface area contributed by atoms with Crippen molar-refractivity contribution in [3.05, 3.63) is 0 Å². The first-order valence-electron chi connectivity index (χ1n) is 11.6. The summed E-state index contributed by atoms with van der Waals surface area (Å²) in [5, 5.41) is 0. The fraction of sp³-hybridized carbons (Fsp3) is 0. The van der Waals surface area contributed by atoms with Gasteiger partial charge >= 0.3 is 106 Å². The third-order valence-corrected chi connectivity index (χ3v) is 0. The van der Waals surface area contributed by atoms with Gasteiger partial charge in [-0.3, -0.25) is 16.8 Å². The Labute approximate surface area is 243 Å². The summed E-state index contributed by atoms with van der Waals surface area (Å²) < 4.78 is 199. The van der Waals surface area contributed by atoms with E-state index in [-0.39, 0.29) is 88.7 Å². The van der Waals surface area contributed by atoms with Gasteiger partial charge < -0.3 is 84.0 Å². The Hall–Kier alpha value is 1.95. The molecule has 30 N–H and O–H groups in total. The molecule has 0 rings (SSSR count). The van der Waals surface area contributed by atoms with E-state index in [0.29, 0.717) is 0 Å². The van der Waals surface area contributed by atoms with Crippen LogP contribution in [0.5, 0.6) is 0 Å². The predicted octanol–water partition coefficient (Wildman–Crippen LogP) is -16.5. The molecule has 0 bridgehead atoms. The molecule has 0 atom stereocenters. The zero-order valence-corrected chi connectivity index (χ0v) is 21.1. The summed E-state index contributed by atoms with van der Waals surface area (Å²) in [5.74, 6) is 0. The van der Waals surface area contributed by atoms with E-state index >= 15 is 0 Å². The van der Waals surface area contributed by atoms with E-state index < -0.39 is 20.8 Å². The van der Waals surface area contributed by atoms with Gasteiger partial charge in [0.15, 0.2) is 0 Å². The largest absolute Gasteiger partial charge is 3.00 e. The number of hydrogen-bond donors (Lipinski definition) is 0.